The van der Waals surface area contributed by atoms with Gasteiger partial charge in [0.15, 0.2) is 5.13 Å². The number of hydrogen-bond donors (Lipinski definition) is 1. The molecule has 0 atom stereocenters. The molecule has 0 aliphatic carbocycles. The van der Waals surface area contributed by atoms with Gasteiger partial charge in [-0.25, -0.2) is 9.97 Å². The molecule has 0 saturated carbocycles. The summed E-state index contributed by atoms with van der Waals surface area (Å²) in [4.78, 5) is 10.1. The molecule has 0 aromatic carbocycles. The minimum Gasteiger partial charge on any atom is -0.365 e. The van der Waals surface area contributed by atoms with E-state index in [-0.39, 0.29) is 0 Å². The third kappa shape index (κ3) is 1.65. The number of nitrogens with zero attached hydrogens (tertiary/aromatic N) is 2. The van der Waals surface area contributed by atoms with Crippen LogP contribution >= 0.6 is 22.7 Å². The van der Waals surface area contributed by atoms with Crippen LogP contribution in [0, 0.1) is 13.8 Å². The van der Waals surface area contributed by atoms with E-state index in [2.05, 4.69) is 22.2 Å². The van der Waals surface area contributed by atoms with Gasteiger partial charge in [0.05, 0.1) is 5.01 Å². The van der Waals surface area contributed by atoms with E-state index in [0.29, 0.717) is 0 Å². The van der Waals surface area contributed by atoms with Gasteiger partial charge in [-0.15, -0.1) is 22.7 Å². The van der Waals surface area contributed by atoms with Crippen LogP contribution in [0.4, 0.5) is 5.13 Å². The predicted octanol–water partition coefficient (Wildman–Crippen LogP) is 2.93. The van der Waals surface area contributed by atoms with Crippen molar-refractivity contribution < 1.29 is 0 Å². The molecule has 0 bridgehead atoms. The van der Waals surface area contributed by atoms with Gasteiger partial charge >= 0.3 is 0 Å². The van der Waals surface area contributed by atoms with Gasteiger partial charge in [0.2, 0.25) is 0 Å². The van der Waals surface area contributed by atoms with Crippen molar-refractivity contribution in [2.24, 2.45) is 0 Å². The molecule has 0 saturated heterocycles. The van der Waals surface area contributed by atoms with Crippen molar-refractivity contribution in [3.63, 3.8) is 0 Å². The summed E-state index contributed by atoms with van der Waals surface area (Å²) < 4.78 is 0. The van der Waals surface area contributed by atoms with Crippen LogP contribution < -0.4 is 5.32 Å². The van der Waals surface area contributed by atoms with Gasteiger partial charge in [-0.1, -0.05) is 0 Å². The van der Waals surface area contributed by atoms with E-state index in [1.807, 2.05) is 19.4 Å². The second-order valence-electron chi connectivity index (χ2n) is 2.93. The molecule has 0 fully saturated rings. The Kier molecular flexibility index (Phi) is 2.52. The Balaban J connectivity index is 2.43. The maximum Gasteiger partial charge on any atom is 0.183 e. The first-order valence-corrected chi connectivity index (χ1v) is 5.98. The molecule has 1 N–H and O–H groups in total. The molecule has 0 spiro atoms. The highest BCUT2D eigenvalue weighted by atomic mass is 32.1. The Bertz CT molecular complexity index is 445. The van der Waals surface area contributed by atoms with Gasteiger partial charge in [0.25, 0.3) is 0 Å². The lowest BCUT2D eigenvalue weighted by Crippen LogP contribution is -1.86. The first-order chi connectivity index (χ1) is 6.70. The highest BCUT2D eigenvalue weighted by Gasteiger charge is 2.10. The van der Waals surface area contributed by atoms with Gasteiger partial charge in [-0.2, -0.15) is 0 Å². The van der Waals surface area contributed by atoms with E-state index in [9.17, 15) is 0 Å². The van der Waals surface area contributed by atoms with Gasteiger partial charge in [0.1, 0.15) is 11.4 Å². The summed E-state index contributed by atoms with van der Waals surface area (Å²) >= 11 is 3.32. The second kappa shape index (κ2) is 3.67. The molecule has 14 heavy (non-hydrogen) atoms. The number of thiazole rings is 2. The predicted molar refractivity (Wildman–Crippen MR) is 62.2 cm³/mol. The van der Waals surface area contributed by atoms with Crippen LogP contribution in [-0.4, -0.2) is 17.0 Å². The Morgan fingerprint density at radius 2 is 2.07 bits per heavy atom. The smallest absolute Gasteiger partial charge is 0.183 e. The summed E-state index contributed by atoms with van der Waals surface area (Å²) in [6.45, 7) is 4.10. The van der Waals surface area contributed by atoms with Crippen LogP contribution in [0.15, 0.2) is 5.38 Å². The van der Waals surface area contributed by atoms with E-state index >= 15 is 0 Å². The molecule has 3 nitrogen and oxygen atoms in total. The zero-order valence-electron chi connectivity index (χ0n) is 8.29. The Hall–Kier alpha value is -0.940. The molecule has 5 heteroatoms. The third-order valence-corrected chi connectivity index (χ3v) is 3.61. The van der Waals surface area contributed by atoms with Gasteiger partial charge in [-0.3, -0.25) is 0 Å². The third-order valence-electron chi connectivity index (χ3n) is 1.86. The standard InChI is InChI=1S/C9H11N3S2/c1-5-8(11-6(2)14-5)7-4-13-9(10-3)12-7/h4H,1-3H3,(H,10,12). The lowest BCUT2D eigenvalue weighted by Gasteiger charge is -1.91. The fourth-order valence-corrected chi connectivity index (χ4v) is 2.75. The molecule has 2 heterocycles. The molecule has 2 rings (SSSR count). The number of rotatable bonds is 2. The second-order valence-corrected chi connectivity index (χ2v) is 5.19. The maximum absolute atomic E-state index is 4.46. The number of nitrogens with one attached hydrogen (secondary N) is 1. The van der Waals surface area contributed by atoms with Gasteiger partial charge < -0.3 is 5.32 Å². The molecule has 0 aliphatic heterocycles. The van der Waals surface area contributed by atoms with E-state index in [0.717, 1.165) is 21.5 Å². The monoisotopic (exact) mass is 225 g/mol. The SMILES string of the molecule is CNc1nc(-c2nc(C)sc2C)cs1. The lowest BCUT2D eigenvalue weighted by molar-refractivity contribution is 1.25. The van der Waals surface area contributed by atoms with Crippen molar-refractivity contribution in [3.8, 4) is 11.4 Å². The topological polar surface area (TPSA) is 37.8 Å². The van der Waals surface area contributed by atoms with E-state index in [1.165, 1.54) is 4.88 Å². The minimum absolute atomic E-state index is 0.935. The first-order valence-electron chi connectivity index (χ1n) is 4.28. The number of anilines is 1. The van der Waals surface area contributed by atoms with E-state index in [4.69, 9.17) is 0 Å². The summed E-state index contributed by atoms with van der Waals surface area (Å²) in [7, 11) is 1.88. The summed E-state index contributed by atoms with van der Waals surface area (Å²) in [6, 6.07) is 0. The Labute approximate surface area is 90.9 Å². The largest absolute Gasteiger partial charge is 0.365 e. The van der Waals surface area contributed by atoms with Crippen LogP contribution in [0.3, 0.4) is 0 Å². The molecule has 74 valence electrons. The summed E-state index contributed by atoms with van der Waals surface area (Å²) in [5, 5.41) is 7.09. The number of aryl methyl sites for hydroxylation is 2. The highest BCUT2D eigenvalue weighted by Crippen LogP contribution is 2.29. The minimum atomic E-state index is 0.935. The molecule has 0 radical (unpaired) electrons. The maximum atomic E-state index is 4.46. The molecule has 0 aliphatic rings. The molecule has 2 aromatic rings. The molecule has 0 amide bonds. The summed E-state index contributed by atoms with van der Waals surface area (Å²) in [5.41, 5.74) is 1.99. The van der Waals surface area contributed by atoms with Crippen molar-refractivity contribution in [2.75, 3.05) is 12.4 Å². The van der Waals surface area contributed by atoms with Crippen LogP contribution in [0.2, 0.25) is 0 Å². The van der Waals surface area contributed by atoms with Gasteiger partial charge in [0, 0.05) is 17.3 Å². The van der Waals surface area contributed by atoms with Crippen molar-refractivity contribution in [1.29, 1.82) is 0 Å². The van der Waals surface area contributed by atoms with Crippen molar-refractivity contribution >= 4 is 27.8 Å². The van der Waals surface area contributed by atoms with E-state index in [1.54, 1.807) is 22.7 Å². The average molecular weight is 225 g/mol. The zero-order chi connectivity index (χ0) is 10.1. The highest BCUT2D eigenvalue weighted by molar-refractivity contribution is 7.14. The first kappa shape index (κ1) is 9.61. The Morgan fingerprint density at radius 1 is 1.29 bits per heavy atom. The van der Waals surface area contributed by atoms with Crippen molar-refractivity contribution in [1.82, 2.24) is 9.97 Å². The number of aromatic nitrogens is 2. The number of hydrogen-bond acceptors (Lipinski definition) is 5. The van der Waals surface area contributed by atoms with Crippen molar-refractivity contribution in [3.05, 3.63) is 15.3 Å². The van der Waals surface area contributed by atoms with Crippen LogP contribution in [-0.2, 0) is 0 Å². The summed E-state index contributed by atoms with van der Waals surface area (Å²) in [5.74, 6) is 0. The van der Waals surface area contributed by atoms with E-state index < -0.39 is 0 Å². The fraction of sp³-hybridized carbons (Fsp3) is 0.333. The fourth-order valence-electron chi connectivity index (χ4n) is 1.26. The summed E-state index contributed by atoms with van der Waals surface area (Å²) in [6.07, 6.45) is 0. The van der Waals surface area contributed by atoms with Crippen molar-refractivity contribution in [2.45, 2.75) is 13.8 Å². The molecule has 2 aromatic heterocycles. The molecular formula is C9H11N3S2. The lowest BCUT2D eigenvalue weighted by atomic mass is 10.3. The average Bonchev–Trinajstić information content (AvgIpc) is 2.71. The van der Waals surface area contributed by atoms with Crippen LogP contribution in [0.25, 0.3) is 11.4 Å². The molecule has 0 unspecified atom stereocenters. The normalized spacial score (nSPS) is 10.5. The molecular weight excluding hydrogens is 214 g/mol. The Morgan fingerprint density at radius 3 is 2.57 bits per heavy atom. The zero-order valence-corrected chi connectivity index (χ0v) is 9.92. The van der Waals surface area contributed by atoms with Crippen LogP contribution in [0.5, 0.6) is 0 Å². The quantitative estimate of drug-likeness (QED) is 0.854. The van der Waals surface area contributed by atoms with Crippen LogP contribution in [0.1, 0.15) is 9.88 Å². The van der Waals surface area contributed by atoms with Gasteiger partial charge in [-0.05, 0) is 13.8 Å².